The van der Waals surface area contributed by atoms with E-state index in [9.17, 15) is 27.1 Å². The number of sulfonamides is 1. The number of ether oxygens (including phenoxy) is 1. The van der Waals surface area contributed by atoms with Crippen molar-refractivity contribution in [2.24, 2.45) is 0 Å². The molecule has 3 N–H and O–H groups in total. The smallest absolute Gasteiger partial charge is 0.355 e. The summed E-state index contributed by atoms with van der Waals surface area (Å²) in [6.07, 6.45) is 4.42. The van der Waals surface area contributed by atoms with Gasteiger partial charge >= 0.3 is 5.76 Å². The summed E-state index contributed by atoms with van der Waals surface area (Å²) in [7, 11) is -4.89. The number of halogens is 2. The van der Waals surface area contributed by atoms with Crippen LogP contribution in [0.3, 0.4) is 0 Å². The number of rotatable bonds is 10. The highest BCUT2D eigenvalue weighted by Crippen LogP contribution is 2.30. The third-order valence-electron chi connectivity index (χ3n) is 4.55. The minimum Gasteiger partial charge on any atom is -0.477 e. The second-order valence-electron chi connectivity index (χ2n) is 7.80. The molecule has 3 rings (SSSR count). The number of thiazole rings is 1. The second-order valence-corrected chi connectivity index (χ2v) is 10.5. The molecule has 3 aromatic rings. The predicted molar refractivity (Wildman–Crippen MR) is 126 cm³/mol. The van der Waals surface area contributed by atoms with Crippen molar-refractivity contribution in [2.45, 2.75) is 38.2 Å². The maximum absolute atomic E-state index is 12.9. The van der Waals surface area contributed by atoms with Crippen molar-refractivity contribution >= 4 is 33.0 Å². The Balaban J connectivity index is 1.84. The van der Waals surface area contributed by atoms with Gasteiger partial charge in [0, 0.05) is 11.9 Å². The summed E-state index contributed by atoms with van der Waals surface area (Å²) in [6, 6.07) is 4.43. The quantitative estimate of drug-likeness (QED) is 0.365. The molecule has 0 aliphatic rings. The number of hydrogen-bond acceptors (Lipinski definition) is 9. The van der Waals surface area contributed by atoms with Gasteiger partial charge in [0.25, 0.3) is 15.9 Å². The van der Waals surface area contributed by atoms with Crippen LogP contribution in [0, 0.1) is 0 Å². The van der Waals surface area contributed by atoms with Crippen molar-refractivity contribution in [3.05, 3.63) is 53.4 Å². The molecule has 0 bridgehead atoms. The number of aromatic nitrogens is 3. The van der Waals surface area contributed by atoms with Gasteiger partial charge in [0.1, 0.15) is 5.69 Å². The number of alkyl halides is 2. The summed E-state index contributed by atoms with van der Waals surface area (Å²) in [5.41, 5.74) is -0.902. The van der Waals surface area contributed by atoms with E-state index in [0.29, 0.717) is 23.1 Å². The molecule has 0 saturated carbocycles. The third kappa shape index (κ3) is 6.68. The van der Waals surface area contributed by atoms with Crippen LogP contribution in [0.5, 0.6) is 5.88 Å². The molecule has 0 radical (unpaired) electrons. The van der Waals surface area contributed by atoms with E-state index in [1.165, 1.54) is 56.7 Å². The summed E-state index contributed by atoms with van der Waals surface area (Å²) >= 11 is 1.05. The van der Waals surface area contributed by atoms with Crippen LogP contribution in [0.4, 0.5) is 14.5 Å². The zero-order valence-electron chi connectivity index (χ0n) is 18.9. The number of carbonyl (C=O) groups is 1. The Morgan fingerprint density at radius 1 is 1.26 bits per heavy atom. The molecule has 35 heavy (non-hydrogen) atoms. The Labute approximate surface area is 204 Å². The molecule has 1 amide bonds. The maximum Gasteiger partial charge on any atom is 0.355 e. The van der Waals surface area contributed by atoms with Crippen molar-refractivity contribution in [1.29, 1.82) is 0 Å². The summed E-state index contributed by atoms with van der Waals surface area (Å²) in [5, 5.41) is 13.4. The number of nitrogens with zero attached hydrogens (tertiary/aromatic N) is 3. The number of nitrogens with one attached hydrogen (secondary N) is 2. The Morgan fingerprint density at radius 2 is 2.00 bits per heavy atom. The fourth-order valence-corrected chi connectivity index (χ4v) is 4.35. The average Bonchev–Trinajstić information content (AvgIpc) is 3.27. The maximum atomic E-state index is 12.9. The van der Waals surface area contributed by atoms with Gasteiger partial charge in [-0.1, -0.05) is 12.1 Å². The minimum absolute atomic E-state index is 0.0763. The largest absolute Gasteiger partial charge is 0.477 e. The first-order valence-electron chi connectivity index (χ1n) is 10.2. The molecule has 0 aliphatic heterocycles. The SMILES string of the molecule is CCOc1cncc(-c2cnc(C(=O)N[C@H](c3cccc(NS(=O)(=O)C(F)F)c3)C(C)(C)O)s2)n1. The number of benzene rings is 1. The first-order chi connectivity index (χ1) is 16.4. The van der Waals surface area contributed by atoms with E-state index in [1.54, 1.807) is 4.72 Å². The number of hydrogen-bond donors (Lipinski definition) is 3. The van der Waals surface area contributed by atoms with Crippen LogP contribution >= 0.6 is 11.3 Å². The van der Waals surface area contributed by atoms with Gasteiger partial charge in [0.05, 0.1) is 35.5 Å². The first-order valence-corrected chi connectivity index (χ1v) is 12.6. The van der Waals surface area contributed by atoms with Crippen molar-refractivity contribution in [1.82, 2.24) is 20.3 Å². The van der Waals surface area contributed by atoms with Gasteiger partial charge in [-0.15, -0.1) is 11.3 Å². The minimum atomic E-state index is -4.89. The van der Waals surface area contributed by atoms with E-state index < -0.39 is 33.3 Å². The number of aliphatic hydroxyl groups is 1. The fraction of sp³-hybridized carbons (Fsp3) is 0.333. The van der Waals surface area contributed by atoms with Crippen molar-refractivity contribution in [3.63, 3.8) is 0 Å². The van der Waals surface area contributed by atoms with Gasteiger partial charge in [0.15, 0.2) is 5.01 Å². The summed E-state index contributed by atoms with van der Waals surface area (Å²) < 4.78 is 55.6. The van der Waals surface area contributed by atoms with Crippen LogP contribution in [0.25, 0.3) is 10.6 Å². The van der Waals surface area contributed by atoms with Crippen molar-refractivity contribution < 1.29 is 31.8 Å². The molecule has 188 valence electrons. The molecule has 2 heterocycles. The highest BCUT2D eigenvalue weighted by molar-refractivity contribution is 7.93. The van der Waals surface area contributed by atoms with Gasteiger partial charge in [0.2, 0.25) is 5.88 Å². The zero-order chi connectivity index (χ0) is 25.8. The van der Waals surface area contributed by atoms with E-state index in [0.717, 1.165) is 11.3 Å². The van der Waals surface area contributed by atoms with Gasteiger partial charge < -0.3 is 15.2 Å². The Bertz CT molecular complexity index is 1300. The number of anilines is 1. The van der Waals surface area contributed by atoms with Gasteiger partial charge in [-0.2, -0.15) is 8.78 Å². The molecule has 2 aromatic heterocycles. The molecule has 0 spiro atoms. The monoisotopic (exact) mass is 527 g/mol. The molecule has 14 heteroatoms. The second kappa shape index (κ2) is 10.6. The van der Waals surface area contributed by atoms with Crippen molar-refractivity contribution in [3.8, 4) is 16.5 Å². The number of carbonyl (C=O) groups excluding carboxylic acids is 1. The molecule has 0 unspecified atom stereocenters. The van der Waals surface area contributed by atoms with Crippen molar-refractivity contribution in [2.75, 3.05) is 11.3 Å². The Morgan fingerprint density at radius 3 is 2.66 bits per heavy atom. The van der Waals surface area contributed by atoms with E-state index >= 15 is 0 Å². The van der Waals surface area contributed by atoms with E-state index in [1.807, 2.05) is 6.92 Å². The van der Waals surface area contributed by atoms with Crippen LogP contribution in [0.2, 0.25) is 0 Å². The molecule has 1 aromatic carbocycles. The average molecular weight is 528 g/mol. The topological polar surface area (TPSA) is 143 Å². The number of amides is 1. The Kier molecular flexibility index (Phi) is 7.97. The zero-order valence-corrected chi connectivity index (χ0v) is 20.5. The lowest BCUT2D eigenvalue weighted by molar-refractivity contribution is 0.0344. The third-order valence-corrected chi connectivity index (χ3v) is 6.56. The van der Waals surface area contributed by atoms with Crippen LogP contribution in [0.15, 0.2) is 42.9 Å². The molecule has 10 nitrogen and oxygen atoms in total. The molecule has 0 aliphatic carbocycles. The molecular formula is C21H23F2N5O5S2. The highest BCUT2D eigenvalue weighted by Gasteiger charge is 2.32. The summed E-state index contributed by atoms with van der Waals surface area (Å²) in [4.78, 5) is 26.0. The lowest BCUT2D eigenvalue weighted by Gasteiger charge is -2.30. The van der Waals surface area contributed by atoms with Gasteiger partial charge in [-0.25, -0.2) is 18.4 Å². The lowest BCUT2D eigenvalue weighted by atomic mass is 9.91. The van der Waals surface area contributed by atoms with E-state index in [4.69, 9.17) is 4.74 Å². The van der Waals surface area contributed by atoms with Gasteiger partial charge in [-0.05, 0) is 38.5 Å². The highest BCUT2D eigenvalue weighted by atomic mass is 32.2. The predicted octanol–water partition coefficient (Wildman–Crippen LogP) is 3.21. The van der Waals surface area contributed by atoms with Crippen LogP contribution in [0.1, 0.15) is 42.2 Å². The summed E-state index contributed by atoms with van der Waals surface area (Å²) in [6.45, 7) is 5.11. The molecule has 1 atom stereocenters. The van der Waals surface area contributed by atoms with Crippen LogP contribution < -0.4 is 14.8 Å². The Hall–Kier alpha value is -3.23. The normalized spacial score (nSPS) is 12.9. The molecule has 0 saturated heterocycles. The lowest BCUT2D eigenvalue weighted by Crippen LogP contribution is -2.42. The van der Waals surface area contributed by atoms with E-state index in [2.05, 4.69) is 20.3 Å². The fourth-order valence-electron chi connectivity index (χ4n) is 3.03. The standard InChI is InChI=1S/C21H23F2N5O5S2/c1-4-33-16-11-24-9-14(26-16)15-10-25-19(34-15)18(29)27-17(21(2,3)30)12-6-5-7-13(8-12)28-35(31,32)20(22)23/h5-11,17,20,28,30H,4H2,1-3H3,(H,27,29)/t17-/m1/s1. The first kappa shape index (κ1) is 26.4. The van der Waals surface area contributed by atoms with E-state index in [-0.39, 0.29) is 16.3 Å². The summed E-state index contributed by atoms with van der Waals surface area (Å²) in [5.74, 6) is -3.90. The van der Waals surface area contributed by atoms with Gasteiger partial charge in [-0.3, -0.25) is 14.5 Å². The molecular weight excluding hydrogens is 504 g/mol. The molecule has 0 fully saturated rings. The van der Waals surface area contributed by atoms with Crippen LogP contribution in [-0.2, 0) is 10.0 Å². The van der Waals surface area contributed by atoms with Crippen LogP contribution in [-0.4, -0.2) is 52.3 Å².